The molecule has 0 radical (unpaired) electrons. The van der Waals surface area contributed by atoms with E-state index in [9.17, 15) is 9.18 Å². The number of Topliss-reactive ketones (excluding diaryl/α,β-unsaturated/α-hetero) is 1. The van der Waals surface area contributed by atoms with Crippen molar-refractivity contribution in [2.75, 3.05) is 6.61 Å². The minimum atomic E-state index is -0.524. The lowest BCUT2D eigenvalue weighted by molar-refractivity contribution is 0.0998. The lowest BCUT2D eigenvalue weighted by Crippen LogP contribution is -2.19. The summed E-state index contributed by atoms with van der Waals surface area (Å²) in [4.78, 5) is 16.7. The number of fused-ring (bicyclic) bond motifs is 1. The Morgan fingerprint density at radius 3 is 2.84 bits per heavy atom. The number of carbonyl (C=O) groups is 1. The van der Waals surface area contributed by atoms with Crippen LogP contribution in [0.4, 0.5) is 4.39 Å². The van der Waals surface area contributed by atoms with E-state index in [-0.39, 0.29) is 23.7 Å². The molecule has 3 heterocycles. The number of aromatic nitrogens is 3. The van der Waals surface area contributed by atoms with E-state index in [2.05, 4.69) is 10.1 Å². The van der Waals surface area contributed by atoms with Crippen molar-refractivity contribution >= 4 is 11.9 Å². The summed E-state index contributed by atoms with van der Waals surface area (Å²) in [5.41, 5.74) is 3.14. The van der Waals surface area contributed by atoms with Gasteiger partial charge in [0.25, 0.3) is 0 Å². The molecule has 25 heavy (non-hydrogen) atoms. The van der Waals surface area contributed by atoms with Gasteiger partial charge in [0.1, 0.15) is 6.61 Å². The van der Waals surface area contributed by atoms with Gasteiger partial charge in [-0.2, -0.15) is 5.10 Å². The van der Waals surface area contributed by atoms with Crippen LogP contribution in [0.15, 0.2) is 54.5 Å². The van der Waals surface area contributed by atoms with Gasteiger partial charge in [-0.15, -0.1) is 0 Å². The van der Waals surface area contributed by atoms with Gasteiger partial charge in [0.15, 0.2) is 17.3 Å². The highest BCUT2D eigenvalue weighted by Crippen LogP contribution is 2.31. The minimum Gasteiger partial charge on any atom is -0.485 e. The molecule has 0 aliphatic carbocycles. The lowest BCUT2D eigenvalue weighted by Gasteiger charge is -2.19. The second-order valence-corrected chi connectivity index (χ2v) is 5.75. The molecule has 0 atom stereocenters. The third kappa shape index (κ3) is 2.71. The number of carbonyl (C=O) groups excluding carboxylic acids is 1. The lowest BCUT2D eigenvalue weighted by atomic mass is 9.97. The van der Waals surface area contributed by atoms with Crippen LogP contribution in [0.3, 0.4) is 0 Å². The average molecular weight is 335 g/mol. The number of ether oxygens (including phenoxy) is 1. The molecule has 1 aromatic carbocycles. The molecule has 6 heteroatoms. The van der Waals surface area contributed by atoms with Crippen LogP contribution in [0.2, 0.25) is 0 Å². The minimum absolute atomic E-state index is 0.0187. The van der Waals surface area contributed by atoms with Gasteiger partial charge in [-0.3, -0.25) is 14.5 Å². The normalized spacial score (nSPS) is 15.1. The molecule has 4 rings (SSSR count). The SMILES string of the molecule is Cn1cc(C=C2COc3c(F)cccc3C2=O)c(-c2ccncc2)n1. The highest BCUT2D eigenvalue weighted by molar-refractivity contribution is 6.14. The van der Waals surface area contributed by atoms with Gasteiger partial charge in [-0.25, -0.2) is 4.39 Å². The zero-order chi connectivity index (χ0) is 17.4. The summed E-state index contributed by atoms with van der Waals surface area (Å²) < 4.78 is 20.9. The molecule has 0 N–H and O–H groups in total. The number of halogens is 1. The van der Waals surface area contributed by atoms with E-state index in [1.807, 2.05) is 25.4 Å². The van der Waals surface area contributed by atoms with Crippen LogP contribution < -0.4 is 4.74 Å². The number of para-hydroxylation sites is 1. The van der Waals surface area contributed by atoms with Gasteiger partial charge in [0.2, 0.25) is 0 Å². The molecule has 3 aromatic rings. The van der Waals surface area contributed by atoms with Crippen LogP contribution in [0, 0.1) is 5.82 Å². The summed E-state index contributed by atoms with van der Waals surface area (Å²) in [6.07, 6.45) is 6.96. The van der Waals surface area contributed by atoms with Crippen molar-refractivity contribution in [3.05, 3.63) is 71.4 Å². The Bertz CT molecular complexity index is 993. The Balaban J connectivity index is 1.77. The van der Waals surface area contributed by atoms with Gasteiger partial charge in [-0.05, 0) is 30.3 Å². The molecule has 0 unspecified atom stereocenters. The summed E-state index contributed by atoms with van der Waals surface area (Å²) in [5.74, 6) is -0.737. The zero-order valence-electron chi connectivity index (χ0n) is 13.4. The third-order valence-corrected chi connectivity index (χ3v) is 4.02. The van der Waals surface area contributed by atoms with E-state index in [0.717, 1.165) is 16.8 Å². The number of hydrogen-bond acceptors (Lipinski definition) is 4. The molecule has 1 aliphatic rings. The molecule has 124 valence electrons. The number of pyridine rings is 1. The summed E-state index contributed by atoms with van der Waals surface area (Å²) in [6, 6.07) is 8.07. The van der Waals surface area contributed by atoms with E-state index in [1.54, 1.807) is 29.2 Å². The first-order valence-corrected chi connectivity index (χ1v) is 7.74. The molecular weight excluding hydrogens is 321 g/mol. The number of aryl methyl sites for hydroxylation is 1. The second kappa shape index (κ2) is 5.98. The number of nitrogens with zero attached hydrogens (tertiary/aromatic N) is 3. The molecule has 0 saturated heterocycles. The molecule has 2 aromatic heterocycles. The third-order valence-electron chi connectivity index (χ3n) is 4.02. The van der Waals surface area contributed by atoms with E-state index in [1.165, 1.54) is 12.1 Å². The van der Waals surface area contributed by atoms with Gasteiger partial charge in [-0.1, -0.05) is 6.07 Å². The summed E-state index contributed by atoms with van der Waals surface area (Å²) >= 11 is 0. The number of benzene rings is 1. The number of ketones is 1. The molecule has 0 amide bonds. The number of rotatable bonds is 2. The first kappa shape index (κ1) is 15.3. The molecular formula is C19H14FN3O2. The average Bonchev–Trinajstić information content (AvgIpc) is 2.99. The Morgan fingerprint density at radius 1 is 1.24 bits per heavy atom. The van der Waals surface area contributed by atoms with Crippen molar-refractivity contribution < 1.29 is 13.9 Å². The van der Waals surface area contributed by atoms with Gasteiger partial charge in [0, 0.05) is 42.3 Å². The topological polar surface area (TPSA) is 57.0 Å². The Kier molecular flexibility index (Phi) is 3.65. The van der Waals surface area contributed by atoms with Gasteiger partial charge >= 0.3 is 0 Å². The fourth-order valence-corrected chi connectivity index (χ4v) is 2.86. The molecule has 5 nitrogen and oxygen atoms in total. The van der Waals surface area contributed by atoms with Crippen molar-refractivity contribution in [1.29, 1.82) is 0 Å². The summed E-state index contributed by atoms with van der Waals surface area (Å²) in [6.45, 7) is 0.0252. The van der Waals surface area contributed by atoms with Crippen molar-refractivity contribution in [2.45, 2.75) is 0 Å². The monoisotopic (exact) mass is 335 g/mol. The standard InChI is InChI=1S/C19H14FN3O2/c1-23-10-13(17(22-23)12-5-7-21-8-6-12)9-14-11-25-19-15(18(14)24)3-2-4-16(19)20/h2-10H,11H2,1H3. The Hall–Kier alpha value is -3.28. The summed E-state index contributed by atoms with van der Waals surface area (Å²) in [7, 11) is 1.82. The van der Waals surface area contributed by atoms with E-state index >= 15 is 0 Å². The maximum absolute atomic E-state index is 13.8. The molecule has 0 saturated carbocycles. The molecule has 0 bridgehead atoms. The summed E-state index contributed by atoms with van der Waals surface area (Å²) in [5, 5.41) is 4.46. The predicted octanol–water partition coefficient (Wildman–Crippen LogP) is 3.28. The molecule has 0 fully saturated rings. The van der Waals surface area contributed by atoms with Gasteiger partial charge < -0.3 is 4.74 Å². The zero-order valence-corrected chi connectivity index (χ0v) is 13.4. The smallest absolute Gasteiger partial charge is 0.196 e. The fraction of sp³-hybridized carbons (Fsp3) is 0.105. The maximum Gasteiger partial charge on any atom is 0.196 e. The molecule has 0 spiro atoms. The first-order valence-electron chi connectivity index (χ1n) is 7.74. The van der Waals surface area contributed by atoms with E-state index in [0.29, 0.717) is 5.57 Å². The first-order chi connectivity index (χ1) is 12.1. The van der Waals surface area contributed by atoms with Crippen molar-refractivity contribution in [1.82, 2.24) is 14.8 Å². The predicted molar refractivity (Wildman–Crippen MR) is 90.6 cm³/mol. The van der Waals surface area contributed by atoms with Crippen LogP contribution >= 0.6 is 0 Å². The van der Waals surface area contributed by atoms with Crippen LogP contribution in [0.25, 0.3) is 17.3 Å². The maximum atomic E-state index is 13.8. The van der Waals surface area contributed by atoms with Crippen molar-refractivity contribution in [2.24, 2.45) is 7.05 Å². The molecule has 1 aliphatic heterocycles. The van der Waals surface area contributed by atoms with Crippen LogP contribution in [-0.4, -0.2) is 27.2 Å². The van der Waals surface area contributed by atoms with Crippen molar-refractivity contribution in [3.8, 4) is 17.0 Å². The Morgan fingerprint density at radius 2 is 2.04 bits per heavy atom. The highest BCUT2D eigenvalue weighted by atomic mass is 19.1. The second-order valence-electron chi connectivity index (χ2n) is 5.75. The van der Waals surface area contributed by atoms with Gasteiger partial charge in [0.05, 0.1) is 11.3 Å². The van der Waals surface area contributed by atoms with Crippen LogP contribution in [0.1, 0.15) is 15.9 Å². The van der Waals surface area contributed by atoms with Crippen LogP contribution in [0.5, 0.6) is 5.75 Å². The fourth-order valence-electron chi connectivity index (χ4n) is 2.86. The van der Waals surface area contributed by atoms with Crippen LogP contribution in [-0.2, 0) is 7.05 Å². The quantitative estimate of drug-likeness (QED) is 0.675. The largest absolute Gasteiger partial charge is 0.485 e. The van der Waals surface area contributed by atoms with Crippen molar-refractivity contribution in [3.63, 3.8) is 0 Å². The Labute approximate surface area is 143 Å². The van der Waals surface area contributed by atoms with E-state index < -0.39 is 5.82 Å². The highest BCUT2D eigenvalue weighted by Gasteiger charge is 2.26. The number of hydrogen-bond donors (Lipinski definition) is 0. The van der Waals surface area contributed by atoms with E-state index in [4.69, 9.17) is 4.74 Å².